The molecule has 0 amide bonds. The molecule has 0 saturated heterocycles. The van der Waals surface area contributed by atoms with Crippen molar-refractivity contribution in [2.45, 2.75) is 38.7 Å². The van der Waals surface area contributed by atoms with Crippen LogP contribution in [0.15, 0.2) is 23.6 Å². The van der Waals surface area contributed by atoms with E-state index in [9.17, 15) is 9.59 Å². The lowest BCUT2D eigenvalue weighted by Gasteiger charge is -2.27. The molecular weight excluding hydrogens is 288 g/mol. The molecule has 0 aromatic carbocycles. The summed E-state index contributed by atoms with van der Waals surface area (Å²) in [5.74, 6) is -0.820. The fraction of sp³-hybridized carbons (Fsp3) is 0.500. The van der Waals surface area contributed by atoms with Crippen molar-refractivity contribution in [1.29, 1.82) is 0 Å². The molecule has 1 aliphatic rings. The maximum Gasteiger partial charge on any atom is 0.312 e. The van der Waals surface area contributed by atoms with Crippen molar-refractivity contribution in [2.75, 3.05) is 7.11 Å². The Bertz CT molecular complexity index is 518. The molecule has 0 fully saturated rings. The summed E-state index contributed by atoms with van der Waals surface area (Å²) in [5, 5.41) is 2.00. The lowest BCUT2D eigenvalue weighted by Crippen LogP contribution is -2.28. The van der Waals surface area contributed by atoms with Gasteiger partial charge in [-0.15, -0.1) is 11.3 Å². The second-order valence-corrected chi connectivity index (χ2v) is 6.05. The van der Waals surface area contributed by atoms with Crippen molar-refractivity contribution in [3.8, 4) is 0 Å². The van der Waals surface area contributed by atoms with Crippen LogP contribution in [-0.2, 0) is 19.1 Å². The SMILES string of the molecule is CCCC(=O)O[C@H]1CC(c2cccs2)=C[C@@H](C(=O)OC)C1. The highest BCUT2D eigenvalue weighted by Gasteiger charge is 2.30. The van der Waals surface area contributed by atoms with Crippen LogP contribution in [0.2, 0.25) is 0 Å². The van der Waals surface area contributed by atoms with Gasteiger partial charge in [0.15, 0.2) is 0 Å². The molecule has 0 radical (unpaired) electrons. The summed E-state index contributed by atoms with van der Waals surface area (Å²) in [4.78, 5) is 24.6. The Morgan fingerprint density at radius 3 is 2.86 bits per heavy atom. The van der Waals surface area contributed by atoms with Crippen LogP contribution >= 0.6 is 11.3 Å². The zero-order valence-electron chi connectivity index (χ0n) is 12.3. The summed E-state index contributed by atoms with van der Waals surface area (Å²) in [6, 6.07) is 3.99. The van der Waals surface area contributed by atoms with Gasteiger partial charge in [-0.1, -0.05) is 19.1 Å². The van der Waals surface area contributed by atoms with E-state index in [0.29, 0.717) is 19.3 Å². The van der Waals surface area contributed by atoms with Crippen LogP contribution in [0, 0.1) is 5.92 Å². The fourth-order valence-electron chi connectivity index (χ4n) is 2.49. The molecule has 0 aliphatic heterocycles. The molecule has 0 saturated carbocycles. The summed E-state index contributed by atoms with van der Waals surface area (Å²) in [6.07, 6.45) is 4.02. The number of hydrogen-bond acceptors (Lipinski definition) is 5. The van der Waals surface area contributed by atoms with Crippen LogP contribution < -0.4 is 0 Å². The third-order valence-electron chi connectivity index (χ3n) is 3.46. The second-order valence-electron chi connectivity index (χ2n) is 5.10. The lowest BCUT2D eigenvalue weighted by atomic mass is 9.87. The lowest BCUT2D eigenvalue weighted by molar-refractivity contribution is -0.153. The monoisotopic (exact) mass is 308 g/mol. The molecular formula is C16H20O4S. The van der Waals surface area contributed by atoms with Gasteiger partial charge in [-0.25, -0.2) is 0 Å². The predicted octanol–water partition coefficient (Wildman–Crippen LogP) is 3.43. The molecule has 0 bridgehead atoms. The molecule has 1 aliphatic carbocycles. The molecule has 1 heterocycles. The van der Waals surface area contributed by atoms with E-state index < -0.39 is 0 Å². The first-order valence-corrected chi connectivity index (χ1v) is 8.03. The van der Waals surface area contributed by atoms with E-state index in [0.717, 1.165) is 16.9 Å². The largest absolute Gasteiger partial charge is 0.469 e. The minimum absolute atomic E-state index is 0.196. The van der Waals surface area contributed by atoms with Crippen molar-refractivity contribution in [3.05, 3.63) is 28.5 Å². The van der Waals surface area contributed by atoms with Crippen molar-refractivity contribution in [1.82, 2.24) is 0 Å². The summed E-state index contributed by atoms with van der Waals surface area (Å²) in [5.41, 5.74) is 1.06. The standard InChI is InChI=1S/C16H20O4S/c1-3-5-15(17)20-13-9-11(14-6-4-7-21-14)8-12(10-13)16(18)19-2/h4,6-8,12-13H,3,5,9-10H2,1-2H3/t12-,13+/m1/s1. The van der Waals surface area contributed by atoms with E-state index in [1.54, 1.807) is 11.3 Å². The normalized spacial score (nSPS) is 21.5. The first-order chi connectivity index (χ1) is 10.1. The second kappa shape index (κ2) is 7.41. The number of rotatable bonds is 5. The van der Waals surface area contributed by atoms with Gasteiger partial charge in [0, 0.05) is 24.1 Å². The minimum Gasteiger partial charge on any atom is -0.469 e. The number of ether oxygens (including phenoxy) is 2. The number of methoxy groups -OCH3 is 1. The van der Waals surface area contributed by atoms with Gasteiger partial charge < -0.3 is 9.47 Å². The summed E-state index contributed by atoms with van der Waals surface area (Å²) in [7, 11) is 1.38. The Kier molecular flexibility index (Phi) is 5.56. The van der Waals surface area contributed by atoms with Crippen LogP contribution in [0.1, 0.15) is 37.5 Å². The Morgan fingerprint density at radius 2 is 2.24 bits per heavy atom. The van der Waals surface area contributed by atoms with E-state index in [4.69, 9.17) is 9.47 Å². The maximum absolute atomic E-state index is 11.8. The summed E-state index contributed by atoms with van der Waals surface area (Å²) < 4.78 is 10.3. The minimum atomic E-state index is -0.347. The summed E-state index contributed by atoms with van der Waals surface area (Å²) in [6.45, 7) is 1.94. The number of thiophene rings is 1. The molecule has 1 aromatic heterocycles. The molecule has 0 unspecified atom stereocenters. The van der Waals surface area contributed by atoms with Crippen LogP contribution in [0.25, 0.3) is 5.57 Å². The smallest absolute Gasteiger partial charge is 0.312 e. The van der Waals surface area contributed by atoms with E-state index in [1.807, 2.05) is 30.5 Å². The van der Waals surface area contributed by atoms with Gasteiger partial charge in [-0.05, 0) is 23.4 Å². The molecule has 2 rings (SSSR count). The molecule has 114 valence electrons. The van der Waals surface area contributed by atoms with Gasteiger partial charge in [0.1, 0.15) is 6.10 Å². The molecule has 0 N–H and O–H groups in total. The molecule has 2 atom stereocenters. The number of hydrogen-bond donors (Lipinski definition) is 0. The highest BCUT2D eigenvalue weighted by atomic mass is 32.1. The Labute approximate surface area is 128 Å². The van der Waals surface area contributed by atoms with Gasteiger partial charge in [0.05, 0.1) is 13.0 Å². The van der Waals surface area contributed by atoms with Gasteiger partial charge in [0.25, 0.3) is 0 Å². The van der Waals surface area contributed by atoms with E-state index >= 15 is 0 Å². The quantitative estimate of drug-likeness (QED) is 0.782. The molecule has 1 aromatic rings. The molecule has 21 heavy (non-hydrogen) atoms. The van der Waals surface area contributed by atoms with E-state index in [2.05, 4.69) is 0 Å². The first-order valence-electron chi connectivity index (χ1n) is 7.16. The van der Waals surface area contributed by atoms with Gasteiger partial charge in [0.2, 0.25) is 0 Å². The van der Waals surface area contributed by atoms with Crippen LogP contribution in [0.4, 0.5) is 0 Å². The van der Waals surface area contributed by atoms with Crippen LogP contribution in [0.5, 0.6) is 0 Å². The number of esters is 2. The Balaban J connectivity index is 2.14. The van der Waals surface area contributed by atoms with Crippen LogP contribution in [-0.4, -0.2) is 25.2 Å². The van der Waals surface area contributed by atoms with Gasteiger partial charge >= 0.3 is 11.9 Å². The highest BCUT2D eigenvalue weighted by molar-refractivity contribution is 7.11. The average molecular weight is 308 g/mol. The first kappa shape index (κ1) is 15.8. The van der Waals surface area contributed by atoms with Crippen molar-refractivity contribution >= 4 is 28.8 Å². The molecule has 4 nitrogen and oxygen atoms in total. The Morgan fingerprint density at radius 1 is 1.43 bits per heavy atom. The molecule has 5 heteroatoms. The van der Waals surface area contributed by atoms with Crippen molar-refractivity contribution in [2.24, 2.45) is 5.92 Å². The van der Waals surface area contributed by atoms with Crippen molar-refractivity contribution in [3.63, 3.8) is 0 Å². The number of carbonyl (C=O) groups excluding carboxylic acids is 2. The van der Waals surface area contributed by atoms with E-state index in [1.165, 1.54) is 7.11 Å². The third-order valence-corrected chi connectivity index (χ3v) is 4.41. The fourth-order valence-corrected chi connectivity index (χ4v) is 3.25. The third kappa shape index (κ3) is 4.17. The summed E-state index contributed by atoms with van der Waals surface area (Å²) >= 11 is 1.62. The molecule has 0 spiro atoms. The highest BCUT2D eigenvalue weighted by Crippen LogP contribution is 2.34. The van der Waals surface area contributed by atoms with Gasteiger partial charge in [-0.2, -0.15) is 0 Å². The predicted molar refractivity (Wildman–Crippen MR) is 81.8 cm³/mol. The zero-order chi connectivity index (χ0) is 15.2. The topological polar surface area (TPSA) is 52.6 Å². The van der Waals surface area contributed by atoms with E-state index in [-0.39, 0.29) is 24.0 Å². The Hall–Kier alpha value is -1.62. The van der Waals surface area contributed by atoms with Crippen LogP contribution in [0.3, 0.4) is 0 Å². The maximum atomic E-state index is 11.8. The number of carbonyl (C=O) groups is 2. The van der Waals surface area contributed by atoms with Crippen molar-refractivity contribution < 1.29 is 19.1 Å². The average Bonchev–Trinajstić information content (AvgIpc) is 3.00. The van der Waals surface area contributed by atoms with Gasteiger partial charge in [-0.3, -0.25) is 9.59 Å². The zero-order valence-corrected chi connectivity index (χ0v) is 13.2.